The summed E-state index contributed by atoms with van der Waals surface area (Å²) in [5.41, 5.74) is 3.91. The van der Waals surface area contributed by atoms with Crippen LogP contribution in [0.3, 0.4) is 0 Å². The third-order valence-electron chi connectivity index (χ3n) is 6.69. The van der Waals surface area contributed by atoms with E-state index >= 15 is 0 Å². The van der Waals surface area contributed by atoms with E-state index in [2.05, 4.69) is 56.3 Å². The molecule has 1 heterocycles. The van der Waals surface area contributed by atoms with Crippen LogP contribution < -0.4 is 4.74 Å². The van der Waals surface area contributed by atoms with E-state index in [-0.39, 0.29) is 0 Å². The van der Waals surface area contributed by atoms with E-state index in [4.69, 9.17) is 9.72 Å². The normalized spacial score (nSPS) is 11.4. The standard InChI is InChI=1S/C31H45NOS2/c1-3-5-6-7-8-9-10-11-12-13-14-15-16-20-26-21-19-23-29(33-4-2)27(26)25-34-31-32-28-22-17-18-24-30(28)35-31/h17-19,21-24H,3-16,20,25H2,1-2H3. The van der Waals surface area contributed by atoms with Gasteiger partial charge in [-0.15, -0.1) is 11.3 Å². The third-order valence-corrected chi connectivity index (χ3v) is 8.90. The maximum absolute atomic E-state index is 6.01. The average Bonchev–Trinajstić information content (AvgIpc) is 3.29. The fourth-order valence-electron chi connectivity index (χ4n) is 4.68. The molecule has 4 heteroatoms. The van der Waals surface area contributed by atoms with Gasteiger partial charge in [0.1, 0.15) is 5.75 Å². The monoisotopic (exact) mass is 511 g/mol. The first-order valence-corrected chi connectivity index (χ1v) is 15.8. The Hall–Kier alpha value is -1.52. The minimum atomic E-state index is 0.709. The average molecular weight is 512 g/mol. The van der Waals surface area contributed by atoms with Gasteiger partial charge in [0.15, 0.2) is 4.34 Å². The van der Waals surface area contributed by atoms with E-state index in [0.29, 0.717) is 6.61 Å². The number of aryl methyl sites for hydroxylation is 1. The molecular formula is C31H45NOS2. The maximum atomic E-state index is 6.01. The Labute approximate surface area is 222 Å². The number of fused-ring (bicyclic) bond motifs is 1. The highest BCUT2D eigenvalue weighted by Crippen LogP contribution is 2.35. The van der Waals surface area contributed by atoms with Crippen molar-refractivity contribution >= 4 is 33.3 Å². The van der Waals surface area contributed by atoms with Crippen LogP contribution in [0.4, 0.5) is 0 Å². The second-order valence-electron chi connectivity index (χ2n) is 9.56. The van der Waals surface area contributed by atoms with Gasteiger partial charge in [0.25, 0.3) is 0 Å². The first-order chi connectivity index (χ1) is 17.3. The van der Waals surface area contributed by atoms with E-state index in [0.717, 1.165) is 27.8 Å². The number of benzene rings is 2. The number of thioether (sulfide) groups is 1. The number of ether oxygens (including phenoxy) is 1. The van der Waals surface area contributed by atoms with Crippen molar-refractivity contribution in [3.63, 3.8) is 0 Å². The van der Waals surface area contributed by atoms with Crippen molar-refractivity contribution in [2.45, 2.75) is 114 Å². The zero-order valence-corrected chi connectivity index (χ0v) is 23.7. The van der Waals surface area contributed by atoms with Crippen molar-refractivity contribution in [2.24, 2.45) is 0 Å². The molecule has 0 aliphatic heterocycles. The summed E-state index contributed by atoms with van der Waals surface area (Å²) in [6.07, 6.45) is 19.3. The SMILES string of the molecule is CCCCCCCCCCCCCCCc1cccc(OCC)c1CSc1nc2ccccc2s1. The van der Waals surface area contributed by atoms with Crippen LogP contribution in [0.5, 0.6) is 5.75 Å². The number of hydrogen-bond acceptors (Lipinski definition) is 4. The van der Waals surface area contributed by atoms with E-state index < -0.39 is 0 Å². The quantitative estimate of drug-likeness (QED) is 0.118. The van der Waals surface area contributed by atoms with Crippen LogP contribution in [-0.4, -0.2) is 11.6 Å². The molecule has 192 valence electrons. The van der Waals surface area contributed by atoms with Gasteiger partial charge in [-0.2, -0.15) is 0 Å². The van der Waals surface area contributed by atoms with Crippen LogP contribution in [0, 0.1) is 0 Å². The molecular weight excluding hydrogens is 466 g/mol. The van der Waals surface area contributed by atoms with Crippen molar-refractivity contribution in [1.29, 1.82) is 0 Å². The molecule has 0 saturated carbocycles. The minimum Gasteiger partial charge on any atom is -0.494 e. The van der Waals surface area contributed by atoms with E-state index in [1.807, 2.05) is 11.8 Å². The summed E-state index contributed by atoms with van der Waals surface area (Å²) in [6, 6.07) is 15.0. The number of aromatic nitrogens is 1. The number of nitrogens with zero attached hydrogens (tertiary/aromatic N) is 1. The molecule has 0 N–H and O–H groups in total. The predicted octanol–water partition coefficient (Wildman–Crippen LogP) is 10.6. The lowest BCUT2D eigenvalue weighted by Gasteiger charge is -2.14. The summed E-state index contributed by atoms with van der Waals surface area (Å²) < 4.78 is 8.42. The van der Waals surface area contributed by atoms with Crippen molar-refractivity contribution in [3.05, 3.63) is 53.6 Å². The molecule has 0 aliphatic rings. The fourth-order valence-corrected chi connectivity index (χ4v) is 6.82. The van der Waals surface area contributed by atoms with Crippen molar-refractivity contribution in [2.75, 3.05) is 6.61 Å². The highest BCUT2D eigenvalue weighted by molar-refractivity contribution is 8.00. The van der Waals surface area contributed by atoms with Gasteiger partial charge in [0.2, 0.25) is 0 Å². The Morgan fingerprint density at radius 1 is 0.743 bits per heavy atom. The van der Waals surface area contributed by atoms with Crippen molar-refractivity contribution in [3.8, 4) is 5.75 Å². The molecule has 0 atom stereocenters. The van der Waals surface area contributed by atoms with Gasteiger partial charge in [-0.25, -0.2) is 4.98 Å². The molecule has 3 rings (SSSR count). The van der Waals surface area contributed by atoms with Crippen LogP contribution in [0.2, 0.25) is 0 Å². The number of rotatable bonds is 19. The summed E-state index contributed by atoms with van der Waals surface area (Å²) in [5, 5.41) is 0. The smallest absolute Gasteiger partial charge is 0.151 e. The van der Waals surface area contributed by atoms with Gasteiger partial charge >= 0.3 is 0 Å². The van der Waals surface area contributed by atoms with Gasteiger partial charge in [0, 0.05) is 11.3 Å². The Balaban J connectivity index is 1.38. The van der Waals surface area contributed by atoms with Gasteiger partial charge < -0.3 is 4.74 Å². The summed E-state index contributed by atoms with van der Waals surface area (Å²) in [7, 11) is 0. The Bertz CT molecular complexity index is 935. The highest BCUT2D eigenvalue weighted by atomic mass is 32.2. The zero-order valence-electron chi connectivity index (χ0n) is 22.0. The van der Waals surface area contributed by atoms with Gasteiger partial charge in [-0.1, -0.05) is 120 Å². The van der Waals surface area contributed by atoms with Crippen LogP contribution >= 0.6 is 23.1 Å². The Morgan fingerprint density at radius 2 is 1.40 bits per heavy atom. The molecule has 0 fully saturated rings. The molecule has 0 aliphatic carbocycles. The number of para-hydroxylation sites is 1. The third kappa shape index (κ3) is 10.2. The Morgan fingerprint density at radius 3 is 2.06 bits per heavy atom. The molecule has 3 aromatic rings. The lowest BCUT2D eigenvalue weighted by molar-refractivity contribution is 0.337. The number of unbranched alkanes of at least 4 members (excludes halogenated alkanes) is 12. The first kappa shape index (κ1) is 28.1. The molecule has 0 radical (unpaired) electrons. The molecule has 2 nitrogen and oxygen atoms in total. The largest absolute Gasteiger partial charge is 0.494 e. The first-order valence-electron chi connectivity index (χ1n) is 14.0. The summed E-state index contributed by atoms with van der Waals surface area (Å²) in [4.78, 5) is 4.81. The van der Waals surface area contributed by atoms with E-state index in [1.54, 1.807) is 11.3 Å². The fraction of sp³-hybridized carbons (Fsp3) is 0.581. The topological polar surface area (TPSA) is 22.1 Å². The molecule has 35 heavy (non-hydrogen) atoms. The van der Waals surface area contributed by atoms with Crippen LogP contribution in [-0.2, 0) is 12.2 Å². The molecule has 0 saturated heterocycles. The van der Waals surface area contributed by atoms with Crippen LogP contribution in [0.15, 0.2) is 46.8 Å². The summed E-state index contributed by atoms with van der Waals surface area (Å²) >= 11 is 3.63. The lowest BCUT2D eigenvalue weighted by atomic mass is 10.00. The van der Waals surface area contributed by atoms with Crippen LogP contribution in [0.25, 0.3) is 10.2 Å². The van der Waals surface area contributed by atoms with E-state index in [9.17, 15) is 0 Å². The highest BCUT2D eigenvalue weighted by Gasteiger charge is 2.12. The van der Waals surface area contributed by atoms with Gasteiger partial charge in [-0.05, 0) is 43.5 Å². The van der Waals surface area contributed by atoms with Crippen molar-refractivity contribution < 1.29 is 4.74 Å². The second-order valence-corrected chi connectivity index (χ2v) is 11.8. The zero-order chi connectivity index (χ0) is 24.6. The summed E-state index contributed by atoms with van der Waals surface area (Å²) in [6.45, 7) is 5.08. The molecule has 0 unspecified atom stereocenters. The molecule has 0 spiro atoms. The summed E-state index contributed by atoms with van der Waals surface area (Å²) in [5.74, 6) is 1.97. The maximum Gasteiger partial charge on any atom is 0.151 e. The minimum absolute atomic E-state index is 0.709. The Kier molecular flexibility index (Phi) is 13.6. The van der Waals surface area contributed by atoms with Crippen LogP contribution in [0.1, 0.15) is 108 Å². The molecule has 0 amide bonds. The van der Waals surface area contributed by atoms with E-state index in [1.165, 1.54) is 99.3 Å². The number of hydrogen-bond donors (Lipinski definition) is 0. The molecule has 1 aromatic heterocycles. The van der Waals surface area contributed by atoms with Gasteiger partial charge in [-0.3, -0.25) is 0 Å². The lowest BCUT2D eigenvalue weighted by Crippen LogP contribution is -2.00. The predicted molar refractivity (Wildman–Crippen MR) is 156 cm³/mol. The number of thiazole rings is 1. The second kappa shape index (κ2) is 17.0. The van der Waals surface area contributed by atoms with Gasteiger partial charge in [0.05, 0.1) is 16.8 Å². The van der Waals surface area contributed by atoms with Crippen molar-refractivity contribution in [1.82, 2.24) is 4.98 Å². The molecule has 0 bridgehead atoms. The molecule has 2 aromatic carbocycles.